The Morgan fingerprint density at radius 2 is 1.86 bits per heavy atom. The maximum absolute atomic E-state index is 15.2. The Morgan fingerprint density at radius 1 is 1.16 bits per heavy atom. The molecule has 0 bridgehead atoms. The van der Waals surface area contributed by atoms with Crippen molar-refractivity contribution in [2.24, 2.45) is 0 Å². The smallest absolute Gasteiger partial charge is 0.318 e. The number of amides is 4. The van der Waals surface area contributed by atoms with E-state index in [4.69, 9.17) is 9.15 Å². The SMILES string of the molecule is CCCN(C(=O)c1nnc(C2CC2)o1)C(=O)C(CC(F)(F)Cc1ccccc1)NC(=O)N1CCOCC1. The molecule has 12 heteroatoms. The van der Waals surface area contributed by atoms with Crippen LogP contribution in [0.5, 0.6) is 0 Å². The largest absolute Gasteiger partial charge is 0.417 e. The molecule has 2 aliphatic rings. The summed E-state index contributed by atoms with van der Waals surface area (Å²) >= 11 is 0. The highest BCUT2D eigenvalue weighted by molar-refractivity contribution is 6.04. The molecule has 10 nitrogen and oxygen atoms in total. The van der Waals surface area contributed by atoms with E-state index in [1.165, 1.54) is 4.90 Å². The van der Waals surface area contributed by atoms with E-state index < -0.39 is 42.7 Å². The molecule has 1 N–H and O–H groups in total. The van der Waals surface area contributed by atoms with Gasteiger partial charge in [-0.05, 0) is 24.8 Å². The Kier molecular flexibility index (Phi) is 8.47. The Bertz CT molecular complexity index is 1090. The van der Waals surface area contributed by atoms with E-state index in [-0.39, 0.29) is 31.4 Å². The molecule has 2 aromatic rings. The fourth-order valence-electron chi connectivity index (χ4n) is 4.13. The summed E-state index contributed by atoms with van der Waals surface area (Å²) in [4.78, 5) is 41.8. The van der Waals surface area contributed by atoms with Crippen molar-refractivity contribution in [2.45, 2.75) is 56.9 Å². The number of hydrogen-bond donors (Lipinski definition) is 1. The highest BCUT2D eigenvalue weighted by Gasteiger charge is 2.41. The molecule has 4 rings (SSSR count). The van der Waals surface area contributed by atoms with Crippen molar-refractivity contribution < 1.29 is 32.3 Å². The Hall–Kier alpha value is -3.41. The lowest BCUT2D eigenvalue weighted by molar-refractivity contribution is -0.133. The van der Waals surface area contributed by atoms with Gasteiger partial charge in [0.15, 0.2) is 0 Å². The summed E-state index contributed by atoms with van der Waals surface area (Å²) in [7, 11) is 0. The highest BCUT2D eigenvalue weighted by atomic mass is 19.3. The van der Waals surface area contributed by atoms with Crippen molar-refractivity contribution in [3.8, 4) is 0 Å². The van der Waals surface area contributed by atoms with Gasteiger partial charge in [0.05, 0.1) is 13.2 Å². The van der Waals surface area contributed by atoms with Gasteiger partial charge in [-0.2, -0.15) is 0 Å². The third-order valence-corrected chi connectivity index (χ3v) is 6.21. The molecule has 200 valence electrons. The molecule has 0 spiro atoms. The first-order chi connectivity index (χ1) is 17.8. The van der Waals surface area contributed by atoms with Crippen LogP contribution in [0.3, 0.4) is 0 Å². The number of morpholine rings is 1. The van der Waals surface area contributed by atoms with E-state index in [0.29, 0.717) is 31.1 Å². The van der Waals surface area contributed by atoms with Gasteiger partial charge >= 0.3 is 17.8 Å². The molecule has 1 saturated carbocycles. The van der Waals surface area contributed by atoms with E-state index in [1.807, 2.05) is 0 Å². The highest BCUT2D eigenvalue weighted by Crippen LogP contribution is 2.39. The number of urea groups is 1. The van der Waals surface area contributed by atoms with Crippen molar-refractivity contribution in [2.75, 3.05) is 32.8 Å². The number of benzene rings is 1. The minimum Gasteiger partial charge on any atom is -0.417 e. The van der Waals surface area contributed by atoms with Gasteiger partial charge in [-0.15, -0.1) is 10.2 Å². The van der Waals surface area contributed by atoms with Gasteiger partial charge in [-0.3, -0.25) is 14.5 Å². The minimum atomic E-state index is -3.34. The van der Waals surface area contributed by atoms with E-state index in [9.17, 15) is 14.4 Å². The molecule has 4 amide bonds. The minimum absolute atomic E-state index is 0.0625. The molecule has 1 aromatic heterocycles. The average molecular weight is 520 g/mol. The molecule has 1 aliphatic carbocycles. The third-order valence-electron chi connectivity index (χ3n) is 6.21. The van der Waals surface area contributed by atoms with Crippen molar-refractivity contribution >= 4 is 17.8 Å². The van der Waals surface area contributed by atoms with Gasteiger partial charge in [0, 0.05) is 38.4 Å². The molecule has 0 radical (unpaired) electrons. The lowest BCUT2D eigenvalue weighted by Gasteiger charge is -2.32. The second kappa shape index (κ2) is 11.8. The van der Waals surface area contributed by atoms with Crippen LogP contribution in [-0.4, -0.2) is 82.7 Å². The normalized spacial score (nSPS) is 16.8. The van der Waals surface area contributed by atoms with Crippen molar-refractivity contribution in [1.82, 2.24) is 25.3 Å². The fourth-order valence-corrected chi connectivity index (χ4v) is 4.13. The predicted octanol–water partition coefficient (Wildman–Crippen LogP) is 3.00. The Labute approximate surface area is 213 Å². The summed E-state index contributed by atoms with van der Waals surface area (Å²) < 4.78 is 41.1. The number of nitrogens with zero attached hydrogens (tertiary/aromatic N) is 4. The zero-order valence-corrected chi connectivity index (χ0v) is 20.7. The molecule has 2 fully saturated rings. The average Bonchev–Trinajstić information content (AvgIpc) is 3.63. The number of nitrogens with one attached hydrogen (secondary N) is 1. The number of halogens is 2. The zero-order chi connectivity index (χ0) is 26.4. The number of alkyl halides is 2. The molecule has 1 aromatic carbocycles. The first-order valence-corrected chi connectivity index (χ1v) is 12.5. The van der Waals surface area contributed by atoms with E-state index in [1.54, 1.807) is 37.3 Å². The van der Waals surface area contributed by atoms with Crippen LogP contribution >= 0.6 is 0 Å². The van der Waals surface area contributed by atoms with Crippen molar-refractivity contribution in [1.29, 1.82) is 0 Å². The van der Waals surface area contributed by atoms with E-state index in [0.717, 1.165) is 17.7 Å². The zero-order valence-electron chi connectivity index (χ0n) is 20.7. The van der Waals surface area contributed by atoms with Crippen molar-refractivity contribution in [3.63, 3.8) is 0 Å². The third kappa shape index (κ3) is 7.09. The van der Waals surface area contributed by atoms with Crippen LogP contribution in [0.1, 0.15) is 60.7 Å². The predicted molar refractivity (Wildman–Crippen MR) is 127 cm³/mol. The number of rotatable bonds is 10. The summed E-state index contributed by atoms with van der Waals surface area (Å²) in [6, 6.07) is 5.82. The Balaban J connectivity index is 1.55. The fraction of sp³-hybridized carbons (Fsp3) is 0.560. The second-order valence-electron chi connectivity index (χ2n) is 9.34. The van der Waals surface area contributed by atoms with E-state index in [2.05, 4.69) is 15.5 Å². The summed E-state index contributed by atoms with van der Waals surface area (Å²) in [5.74, 6) is -5.13. The number of carbonyl (C=O) groups is 3. The first-order valence-electron chi connectivity index (χ1n) is 12.5. The number of carbonyl (C=O) groups excluding carboxylic acids is 3. The summed E-state index contributed by atoms with van der Waals surface area (Å²) in [5.41, 5.74) is 0.387. The van der Waals surface area contributed by atoms with Gasteiger partial charge in [-0.25, -0.2) is 13.6 Å². The topological polar surface area (TPSA) is 118 Å². The van der Waals surface area contributed by atoms with Crippen LogP contribution < -0.4 is 5.32 Å². The molecule has 1 unspecified atom stereocenters. The number of aromatic nitrogens is 2. The van der Waals surface area contributed by atoms with Crippen LogP contribution in [0.15, 0.2) is 34.7 Å². The number of imide groups is 1. The van der Waals surface area contributed by atoms with Gasteiger partial charge < -0.3 is 19.4 Å². The maximum Gasteiger partial charge on any atom is 0.318 e. The van der Waals surface area contributed by atoms with Crippen LogP contribution in [-0.2, 0) is 16.0 Å². The van der Waals surface area contributed by atoms with Gasteiger partial charge in [0.25, 0.3) is 11.8 Å². The molecule has 2 heterocycles. The van der Waals surface area contributed by atoms with Gasteiger partial charge in [0.1, 0.15) is 6.04 Å². The monoisotopic (exact) mass is 519 g/mol. The van der Waals surface area contributed by atoms with Crippen LogP contribution in [0.4, 0.5) is 13.6 Å². The second-order valence-corrected chi connectivity index (χ2v) is 9.34. The lowest BCUT2D eigenvalue weighted by atomic mass is 9.99. The summed E-state index contributed by atoms with van der Waals surface area (Å²) in [6.45, 7) is 2.80. The standard InChI is InChI=1S/C25H31F2N5O5/c1-2-10-32(23(34)21-30-29-20(37-21)18-8-9-18)22(33)19(28-24(35)31-11-13-36-14-12-31)16-25(26,27)15-17-6-4-3-5-7-17/h3-7,18-19H,2,8-16H2,1H3,(H,28,35). The Morgan fingerprint density at radius 3 is 2.51 bits per heavy atom. The van der Waals surface area contributed by atoms with E-state index >= 15 is 8.78 Å². The number of ether oxygens (including phenoxy) is 1. The van der Waals surface area contributed by atoms with Crippen LogP contribution in [0, 0.1) is 0 Å². The molecule has 37 heavy (non-hydrogen) atoms. The van der Waals surface area contributed by atoms with Crippen LogP contribution in [0.25, 0.3) is 0 Å². The van der Waals surface area contributed by atoms with Crippen LogP contribution in [0.2, 0.25) is 0 Å². The lowest BCUT2D eigenvalue weighted by Crippen LogP contribution is -2.56. The van der Waals surface area contributed by atoms with Gasteiger partial charge in [0.2, 0.25) is 5.89 Å². The molecule has 1 atom stereocenters. The maximum atomic E-state index is 15.2. The number of hydrogen-bond acceptors (Lipinski definition) is 7. The summed E-state index contributed by atoms with van der Waals surface area (Å²) in [6.07, 6.45) is 0.507. The first kappa shape index (κ1) is 26.6. The van der Waals surface area contributed by atoms with Crippen molar-refractivity contribution in [3.05, 3.63) is 47.7 Å². The quantitative estimate of drug-likeness (QED) is 0.513. The summed E-state index contributed by atoms with van der Waals surface area (Å²) in [5, 5.41) is 10.1. The molecular weight excluding hydrogens is 488 g/mol. The molecule has 1 aliphatic heterocycles. The molecule has 1 saturated heterocycles. The van der Waals surface area contributed by atoms with Gasteiger partial charge in [-0.1, -0.05) is 37.3 Å². The molecular formula is C25H31F2N5O5.